The van der Waals surface area contributed by atoms with Crippen molar-refractivity contribution >= 4 is 28.9 Å². The van der Waals surface area contributed by atoms with Gasteiger partial charge in [-0.3, -0.25) is 14.9 Å². The van der Waals surface area contributed by atoms with Crippen molar-refractivity contribution in [2.75, 3.05) is 5.32 Å². The number of rotatable bonds is 5. The summed E-state index contributed by atoms with van der Waals surface area (Å²) in [4.78, 5) is 22.3. The average molecular weight is 319 g/mol. The summed E-state index contributed by atoms with van der Waals surface area (Å²) in [6, 6.07) is 11.7. The van der Waals surface area contributed by atoms with Crippen LogP contribution >= 0.6 is 11.6 Å². The molecule has 0 fully saturated rings. The molecule has 0 aromatic heterocycles. The molecule has 0 spiro atoms. The quantitative estimate of drug-likeness (QED) is 0.665. The minimum atomic E-state index is -0.483. The Morgan fingerprint density at radius 3 is 2.55 bits per heavy atom. The van der Waals surface area contributed by atoms with Crippen molar-refractivity contribution in [1.82, 2.24) is 0 Å². The summed E-state index contributed by atoms with van der Waals surface area (Å²) in [5, 5.41) is 14.1. The Morgan fingerprint density at radius 2 is 1.91 bits per heavy atom. The number of benzene rings is 2. The summed E-state index contributed by atoms with van der Waals surface area (Å²) < 4.78 is 0. The standard InChI is InChI=1S/C16H15ClN2O3/c1-11-2-8-14(19(21)22)10-15(11)18-16(20)9-5-12-3-6-13(17)7-4-12/h2-4,6-8,10H,5,9H2,1H3,(H,18,20). The van der Waals surface area contributed by atoms with Gasteiger partial charge in [0.05, 0.1) is 10.6 Å². The zero-order chi connectivity index (χ0) is 16.1. The highest BCUT2D eigenvalue weighted by Crippen LogP contribution is 2.22. The number of nitro benzene ring substituents is 1. The first kappa shape index (κ1) is 16.0. The lowest BCUT2D eigenvalue weighted by atomic mass is 10.1. The third kappa shape index (κ3) is 4.30. The van der Waals surface area contributed by atoms with E-state index in [0.29, 0.717) is 23.6 Å². The fourth-order valence-electron chi connectivity index (χ4n) is 1.98. The van der Waals surface area contributed by atoms with Crippen LogP contribution in [0.15, 0.2) is 42.5 Å². The number of halogens is 1. The van der Waals surface area contributed by atoms with E-state index >= 15 is 0 Å². The molecule has 0 saturated carbocycles. The van der Waals surface area contributed by atoms with Gasteiger partial charge in [0.15, 0.2) is 0 Å². The molecule has 114 valence electrons. The number of nitrogens with zero attached hydrogens (tertiary/aromatic N) is 1. The van der Waals surface area contributed by atoms with E-state index in [9.17, 15) is 14.9 Å². The smallest absolute Gasteiger partial charge is 0.271 e. The number of nitrogens with one attached hydrogen (secondary N) is 1. The van der Waals surface area contributed by atoms with E-state index in [1.807, 2.05) is 12.1 Å². The number of aryl methyl sites for hydroxylation is 2. The first-order valence-corrected chi connectivity index (χ1v) is 7.13. The number of carbonyl (C=O) groups excluding carboxylic acids is 1. The molecule has 2 aromatic rings. The van der Waals surface area contributed by atoms with Gasteiger partial charge in [-0.2, -0.15) is 0 Å². The van der Waals surface area contributed by atoms with Crippen LogP contribution in [0.5, 0.6) is 0 Å². The molecule has 1 N–H and O–H groups in total. The van der Waals surface area contributed by atoms with Gasteiger partial charge in [-0.15, -0.1) is 0 Å². The highest BCUT2D eigenvalue weighted by Gasteiger charge is 2.11. The molecule has 22 heavy (non-hydrogen) atoms. The lowest BCUT2D eigenvalue weighted by Gasteiger charge is -2.08. The van der Waals surface area contributed by atoms with Crippen LogP contribution in [0.25, 0.3) is 0 Å². The summed E-state index contributed by atoms with van der Waals surface area (Å²) >= 11 is 5.81. The second-order valence-corrected chi connectivity index (χ2v) is 5.37. The van der Waals surface area contributed by atoms with Crippen LogP contribution in [0.3, 0.4) is 0 Å². The van der Waals surface area contributed by atoms with Gasteiger partial charge >= 0.3 is 0 Å². The van der Waals surface area contributed by atoms with Gasteiger partial charge in [-0.1, -0.05) is 29.8 Å². The molecule has 0 saturated heterocycles. The molecule has 0 heterocycles. The van der Waals surface area contributed by atoms with E-state index in [1.165, 1.54) is 12.1 Å². The zero-order valence-electron chi connectivity index (χ0n) is 12.0. The third-order valence-electron chi connectivity index (χ3n) is 3.26. The van der Waals surface area contributed by atoms with E-state index in [-0.39, 0.29) is 11.6 Å². The number of non-ortho nitro benzene ring substituents is 1. The number of anilines is 1. The Morgan fingerprint density at radius 1 is 1.23 bits per heavy atom. The molecule has 6 heteroatoms. The third-order valence-corrected chi connectivity index (χ3v) is 3.51. The number of hydrogen-bond donors (Lipinski definition) is 1. The SMILES string of the molecule is Cc1ccc([N+](=O)[O-])cc1NC(=O)CCc1ccc(Cl)cc1. The number of carbonyl (C=O) groups is 1. The number of hydrogen-bond acceptors (Lipinski definition) is 3. The minimum absolute atomic E-state index is 0.0430. The normalized spacial score (nSPS) is 10.3. The molecule has 0 unspecified atom stereocenters. The van der Waals surface area contributed by atoms with Gasteiger partial charge in [0.25, 0.3) is 5.69 Å². The Bertz CT molecular complexity index is 699. The average Bonchev–Trinajstić information content (AvgIpc) is 2.48. The summed E-state index contributed by atoms with van der Waals surface area (Å²) in [6.45, 7) is 1.79. The Hall–Kier alpha value is -2.40. The Balaban J connectivity index is 1.98. The van der Waals surface area contributed by atoms with Gasteiger partial charge in [0.1, 0.15) is 0 Å². The Labute approximate surface area is 133 Å². The molecule has 0 atom stereocenters. The highest BCUT2D eigenvalue weighted by molar-refractivity contribution is 6.30. The largest absolute Gasteiger partial charge is 0.326 e. The van der Waals surface area contributed by atoms with Crippen molar-refractivity contribution < 1.29 is 9.72 Å². The molecular formula is C16H15ClN2O3. The maximum Gasteiger partial charge on any atom is 0.271 e. The fourth-order valence-corrected chi connectivity index (χ4v) is 2.11. The van der Waals surface area contributed by atoms with Crippen molar-refractivity contribution in [3.8, 4) is 0 Å². The van der Waals surface area contributed by atoms with Crippen LogP contribution < -0.4 is 5.32 Å². The molecule has 5 nitrogen and oxygen atoms in total. The van der Waals surface area contributed by atoms with Crippen molar-refractivity contribution in [2.24, 2.45) is 0 Å². The van der Waals surface area contributed by atoms with Crippen molar-refractivity contribution in [3.63, 3.8) is 0 Å². The predicted octanol–water partition coefficient (Wildman–Crippen LogP) is 4.13. The van der Waals surface area contributed by atoms with E-state index in [1.54, 1.807) is 25.1 Å². The number of nitro groups is 1. The van der Waals surface area contributed by atoms with Crippen molar-refractivity contribution in [1.29, 1.82) is 0 Å². The molecule has 2 aromatic carbocycles. The maximum absolute atomic E-state index is 12.0. The van der Waals surface area contributed by atoms with Crippen LogP contribution in [-0.2, 0) is 11.2 Å². The fraction of sp³-hybridized carbons (Fsp3) is 0.188. The van der Waals surface area contributed by atoms with Crippen LogP contribution in [-0.4, -0.2) is 10.8 Å². The van der Waals surface area contributed by atoms with Gasteiger partial charge in [0, 0.05) is 23.6 Å². The first-order chi connectivity index (χ1) is 10.5. The van der Waals surface area contributed by atoms with Crippen LogP contribution in [0, 0.1) is 17.0 Å². The van der Waals surface area contributed by atoms with Gasteiger partial charge in [0.2, 0.25) is 5.91 Å². The maximum atomic E-state index is 12.0. The van der Waals surface area contributed by atoms with Crippen LogP contribution in [0.1, 0.15) is 17.5 Å². The van der Waals surface area contributed by atoms with Crippen molar-refractivity contribution in [3.05, 3.63) is 68.7 Å². The molecule has 0 aliphatic carbocycles. The predicted molar refractivity (Wildman–Crippen MR) is 86.2 cm³/mol. The van der Waals surface area contributed by atoms with E-state index < -0.39 is 4.92 Å². The summed E-state index contributed by atoms with van der Waals surface area (Å²) in [5.74, 6) is -0.182. The molecule has 0 aliphatic heterocycles. The second-order valence-electron chi connectivity index (χ2n) is 4.93. The van der Waals surface area contributed by atoms with Gasteiger partial charge in [-0.25, -0.2) is 0 Å². The monoisotopic (exact) mass is 318 g/mol. The Kier molecular flexibility index (Phi) is 5.12. The van der Waals surface area contributed by atoms with E-state index in [0.717, 1.165) is 11.1 Å². The lowest BCUT2D eigenvalue weighted by molar-refractivity contribution is -0.384. The van der Waals surface area contributed by atoms with Crippen molar-refractivity contribution in [2.45, 2.75) is 19.8 Å². The van der Waals surface area contributed by atoms with Gasteiger partial charge < -0.3 is 5.32 Å². The van der Waals surface area contributed by atoms with Crippen LogP contribution in [0.2, 0.25) is 5.02 Å². The molecule has 0 aliphatic rings. The molecular weight excluding hydrogens is 304 g/mol. The molecule has 0 bridgehead atoms. The summed E-state index contributed by atoms with van der Waals surface area (Å²) in [6.07, 6.45) is 0.876. The van der Waals surface area contributed by atoms with E-state index in [2.05, 4.69) is 5.32 Å². The highest BCUT2D eigenvalue weighted by atomic mass is 35.5. The minimum Gasteiger partial charge on any atom is -0.326 e. The summed E-state index contributed by atoms with van der Waals surface area (Å²) in [5.41, 5.74) is 2.22. The molecule has 1 amide bonds. The molecule has 0 radical (unpaired) electrons. The molecule has 2 rings (SSSR count). The van der Waals surface area contributed by atoms with Crippen LogP contribution in [0.4, 0.5) is 11.4 Å². The number of amides is 1. The topological polar surface area (TPSA) is 72.2 Å². The second kappa shape index (κ2) is 7.04. The van der Waals surface area contributed by atoms with Gasteiger partial charge in [-0.05, 0) is 36.6 Å². The zero-order valence-corrected chi connectivity index (χ0v) is 12.8. The first-order valence-electron chi connectivity index (χ1n) is 6.75. The van der Waals surface area contributed by atoms with E-state index in [4.69, 9.17) is 11.6 Å². The summed E-state index contributed by atoms with van der Waals surface area (Å²) in [7, 11) is 0. The lowest BCUT2D eigenvalue weighted by Crippen LogP contribution is -2.13.